The van der Waals surface area contributed by atoms with Crippen LogP contribution in [0.4, 0.5) is 24.5 Å². The van der Waals surface area contributed by atoms with E-state index in [-0.39, 0.29) is 5.91 Å². The highest BCUT2D eigenvalue weighted by atomic mass is 19.4. The lowest BCUT2D eigenvalue weighted by Crippen LogP contribution is -2.47. The van der Waals surface area contributed by atoms with E-state index < -0.39 is 17.6 Å². The molecule has 1 saturated heterocycles. The first-order valence-electron chi connectivity index (χ1n) is 13.6. The zero-order valence-electron chi connectivity index (χ0n) is 23.0. The summed E-state index contributed by atoms with van der Waals surface area (Å²) in [5, 5.41) is 7.12. The molecule has 0 unspecified atom stereocenters. The lowest BCUT2D eigenvalue weighted by Gasteiger charge is -2.38. The predicted octanol–water partition coefficient (Wildman–Crippen LogP) is 6.90. The number of aliphatic carboxylic acids is 1. The summed E-state index contributed by atoms with van der Waals surface area (Å²) in [6, 6.07) is 31.2. The molecule has 0 aliphatic carbocycles. The lowest BCUT2D eigenvalue weighted by molar-refractivity contribution is -0.192. The van der Waals surface area contributed by atoms with Crippen molar-refractivity contribution < 1.29 is 27.9 Å². The Bertz CT molecular complexity index is 1560. The number of carbonyl (C=O) groups excluding carboxylic acids is 1. The van der Waals surface area contributed by atoms with Gasteiger partial charge >= 0.3 is 12.1 Å². The third-order valence-electron chi connectivity index (χ3n) is 7.95. The van der Waals surface area contributed by atoms with E-state index in [0.717, 1.165) is 55.1 Å². The van der Waals surface area contributed by atoms with Gasteiger partial charge in [-0.3, -0.25) is 19.6 Å². The van der Waals surface area contributed by atoms with Gasteiger partial charge in [0.05, 0.1) is 16.8 Å². The number of likely N-dealkylation sites (tertiary alicyclic amines) is 1. The van der Waals surface area contributed by atoms with Crippen LogP contribution in [-0.4, -0.2) is 46.1 Å². The van der Waals surface area contributed by atoms with Gasteiger partial charge in [-0.25, -0.2) is 4.79 Å². The number of benzene rings is 3. The highest BCUT2D eigenvalue weighted by Crippen LogP contribution is 2.50. The number of carbonyl (C=O) groups is 2. The van der Waals surface area contributed by atoms with Crippen LogP contribution in [0.3, 0.4) is 0 Å². The summed E-state index contributed by atoms with van der Waals surface area (Å²) in [4.78, 5) is 32.0. The van der Waals surface area contributed by atoms with Crippen LogP contribution in [0.5, 0.6) is 0 Å². The van der Waals surface area contributed by atoms with Crippen molar-refractivity contribution in [3.8, 4) is 11.1 Å². The van der Waals surface area contributed by atoms with Gasteiger partial charge in [-0.05, 0) is 79.4 Å². The van der Waals surface area contributed by atoms with Crippen molar-refractivity contribution >= 4 is 23.3 Å². The summed E-state index contributed by atoms with van der Waals surface area (Å²) in [6.07, 6.45) is -1.56. The fourth-order valence-electron chi connectivity index (χ4n) is 5.67. The largest absolute Gasteiger partial charge is 0.490 e. The van der Waals surface area contributed by atoms with Gasteiger partial charge in [0.15, 0.2) is 0 Å². The number of alkyl halides is 3. The monoisotopic (exact) mass is 573 g/mol. The van der Waals surface area contributed by atoms with E-state index in [0.29, 0.717) is 0 Å². The summed E-state index contributed by atoms with van der Waals surface area (Å²) in [6.45, 7) is 4.72. The molecule has 1 spiro atoms. The van der Waals surface area contributed by atoms with Crippen molar-refractivity contribution in [3.05, 3.63) is 114 Å². The molecule has 1 N–H and O–H groups in total. The van der Waals surface area contributed by atoms with Crippen LogP contribution >= 0.6 is 0 Å². The second-order valence-corrected chi connectivity index (χ2v) is 10.5. The van der Waals surface area contributed by atoms with Gasteiger partial charge in [0, 0.05) is 18.4 Å². The maximum Gasteiger partial charge on any atom is 0.490 e. The number of hydrogen-bond donors (Lipinski definition) is 1. The Labute approximate surface area is 242 Å². The number of carboxylic acid groups (broad SMARTS) is 1. The fourth-order valence-corrected chi connectivity index (χ4v) is 5.67. The van der Waals surface area contributed by atoms with E-state index in [9.17, 15) is 18.0 Å². The molecule has 4 aromatic rings. The Hall–Kier alpha value is -4.50. The van der Waals surface area contributed by atoms with E-state index in [1.165, 1.54) is 16.7 Å². The van der Waals surface area contributed by atoms with Gasteiger partial charge in [0.2, 0.25) is 5.91 Å². The maximum atomic E-state index is 14.1. The van der Waals surface area contributed by atoms with E-state index >= 15 is 0 Å². The topological polar surface area (TPSA) is 73.7 Å². The highest BCUT2D eigenvalue weighted by molar-refractivity contribution is 6.13. The average molecular weight is 574 g/mol. The standard InChI is InChI=1S/C31H29N3O.C2HF3O2/c1-23-8-7-19-32-28(23)22-33-20-17-31(18-21-33)27-11-5-6-12-29(27)34(30(31)35)26-15-13-25(14-16-26)24-9-3-2-4-10-24;3-2(4,5)1(6)7/h2-16,19H,17-18,20-22H2,1H3;(H,6,7). The summed E-state index contributed by atoms with van der Waals surface area (Å²) >= 11 is 0. The van der Waals surface area contributed by atoms with Gasteiger partial charge in [0.1, 0.15) is 0 Å². The zero-order chi connectivity index (χ0) is 29.9. The molecule has 0 saturated carbocycles. The smallest absolute Gasteiger partial charge is 0.475 e. The molecular weight excluding hydrogens is 543 g/mol. The molecule has 1 amide bonds. The Balaban J connectivity index is 0.000000451. The van der Waals surface area contributed by atoms with Gasteiger partial charge in [-0.2, -0.15) is 13.2 Å². The number of amides is 1. The van der Waals surface area contributed by atoms with Crippen LogP contribution in [0.1, 0.15) is 29.7 Å². The molecule has 1 aromatic heterocycles. The number of pyridine rings is 1. The molecule has 0 radical (unpaired) electrons. The molecular formula is C33H30F3N3O3. The number of aromatic nitrogens is 1. The van der Waals surface area contributed by atoms with Crippen molar-refractivity contribution in [1.29, 1.82) is 0 Å². The van der Waals surface area contributed by atoms with Crippen molar-refractivity contribution in [1.82, 2.24) is 9.88 Å². The molecule has 6 rings (SSSR count). The fraction of sp³-hybridized carbons (Fsp3) is 0.242. The van der Waals surface area contributed by atoms with Crippen LogP contribution < -0.4 is 4.90 Å². The molecule has 42 heavy (non-hydrogen) atoms. The Morgan fingerprint density at radius 1 is 0.881 bits per heavy atom. The van der Waals surface area contributed by atoms with E-state index in [2.05, 4.69) is 89.6 Å². The van der Waals surface area contributed by atoms with E-state index in [1.54, 1.807) is 0 Å². The van der Waals surface area contributed by atoms with Crippen LogP contribution in [0, 0.1) is 6.92 Å². The zero-order valence-corrected chi connectivity index (χ0v) is 23.0. The number of piperidine rings is 1. The first kappa shape index (κ1) is 29.0. The van der Waals surface area contributed by atoms with Crippen LogP contribution in [-0.2, 0) is 21.5 Å². The lowest BCUT2D eigenvalue weighted by atomic mass is 9.73. The Kier molecular flexibility index (Phi) is 8.13. The number of para-hydroxylation sites is 1. The second kappa shape index (κ2) is 11.8. The number of hydrogen-bond acceptors (Lipinski definition) is 4. The number of rotatable bonds is 4. The van der Waals surface area contributed by atoms with E-state index in [1.807, 2.05) is 29.3 Å². The van der Waals surface area contributed by atoms with Crippen LogP contribution in [0.2, 0.25) is 0 Å². The average Bonchev–Trinajstić information content (AvgIpc) is 3.23. The third-order valence-corrected chi connectivity index (χ3v) is 7.95. The van der Waals surface area contributed by atoms with Crippen molar-refractivity contribution in [2.24, 2.45) is 0 Å². The molecule has 0 bridgehead atoms. The van der Waals surface area contributed by atoms with Crippen LogP contribution in [0.25, 0.3) is 11.1 Å². The second-order valence-electron chi connectivity index (χ2n) is 10.5. The number of carboxylic acids is 1. The molecule has 3 heterocycles. The number of nitrogens with zero attached hydrogens (tertiary/aromatic N) is 3. The molecule has 2 aliphatic rings. The van der Waals surface area contributed by atoms with Crippen molar-refractivity contribution in [2.75, 3.05) is 18.0 Å². The first-order valence-corrected chi connectivity index (χ1v) is 13.6. The molecule has 216 valence electrons. The van der Waals surface area contributed by atoms with Crippen LogP contribution in [0.15, 0.2) is 97.2 Å². The predicted molar refractivity (Wildman–Crippen MR) is 154 cm³/mol. The summed E-state index contributed by atoms with van der Waals surface area (Å²) in [5.41, 5.74) is 7.36. The molecule has 0 atom stereocenters. The summed E-state index contributed by atoms with van der Waals surface area (Å²) < 4.78 is 31.7. The molecule has 6 nitrogen and oxygen atoms in total. The molecule has 1 fully saturated rings. The minimum atomic E-state index is -5.08. The molecule has 3 aromatic carbocycles. The number of halogens is 3. The Morgan fingerprint density at radius 3 is 2.10 bits per heavy atom. The first-order chi connectivity index (χ1) is 20.1. The van der Waals surface area contributed by atoms with E-state index in [4.69, 9.17) is 9.90 Å². The molecule has 2 aliphatic heterocycles. The minimum Gasteiger partial charge on any atom is -0.475 e. The van der Waals surface area contributed by atoms with Crippen molar-refractivity contribution in [3.63, 3.8) is 0 Å². The highest BCUT2D eigenvalue weighted by Gasteiger charge is 2.52. The SMILES string of the molecule is Cc1cccnc1CN1CCC2(CC1)C(=O)N(c1ccc(-c3ccccc3)cc1)c1ccccc12.O=C(O)C(F)(F)F. The normalized spacial score (nSPS) is 16.1. The number of anilines is 2. The van der Waals surface area contributed by atoms with Gasteiger partial charge in [-0.1, -0.05) is 66.7 Å². The Morgan fingerprint density at radius 2 is 1.48 bits per heavy atom. The van der Waals surface area contributed by atoms with Crippen molar-refractivity contribution in [2.45, 2.75) is 37.9 Å². The summed E-state index contributed by atoms with van der Waals surface area (Å²) in [7, 11) is 0. The maximum absolute atomic E-state index is 14.1. The minimum absolute atomic E-state index is 0.208. The molecule has 9 heteroatoms. The number of fused-ring (bicyclic) bond motifs is 2. The quantitative estimate of drug-likeness (QED) is 0.288. The van der Waals surface area contributed by atoms with Gasteiger partial charge in [0.25, 0.3) is 0 Å². The third kappa shape index (κ3) is 5.78. The van der Waals surface area contributed by atoms with Gasteiger partial charge < -0.3 is 5.11 Å². The van der Waals surface area contributed by atoms with Gasteiger partial charge in [-0.15, -0.1) is 0 Å². The number of aryl methyl sites for hydroxylation is 1. The summed E-state index contributed by atoms with van der Waals surface area (Å²) in [5.74, 6) is -2.55.